The largest absolute Gasteiger partial charge is 0.508 e. The molecule has 0 amide bonds. The summed E-state index contributed by atoms with van der Waals surface area (Å²) in [5.74, 6) is 0.161. The average Bonchev–Trinajstić information content (AvgIpc) is 2.60. The molecule has 0 aliphatic heterocycles. The van der Waals surface area contributed by atoms with Gasteiger partial charge in [-0.15, -0.1) is 0 Å². The number of nitrogens with one attached hydrogen (secondary N) is 1. The van der Waals surface area contributed by atoms with Gasteiger partial charge in [0.25, 0.3) is 0 Å². The lowest BCUT2D eigenvalue weighted by molar-refractivity contribution is 0.443. The molecule has 0 radical (unpaired) electrons. The van der Waals surface area contributed by atoms with Crippen LogP contribution in [-0.4, -0.2) is 14.9 Å². The number of aromatic nitrogens is 1. The highest BCUT2D eigenvalue weighted by molar-refractivity contribution is 5.41. The van der Waals surface area contributed by atoms with Crippen molar-refractivity contribution in [3.05, 3.63) is 47.3 Å². The molecule has 0 aliphatic carbocycles. The van der Waals surface area contributed by atoms with Crippen LogP contribution >= 0.6 is 0 Å². The number of aryl methyl sites for hydroxylation is 2. The monoisotopic (exact) mass is 246 g/mol. The lowest BCUT2D eigenvalue weighted by Crippen LogP contribution is -2.20. The van der Waals surface area contributed by atoms with Crippen molar-refractivity contribution in [1.82, 2.24) is 4.68 Å². The minimum Gasteiger partial charge on any atom is -0.508 e. The quantitative estimate of drug-likeness (QED) is 0.780. The van der Waals surface area contributed by atoms with Gasteiger partial charge in [0.2, 0.25) is 0 Å². The van der Waals surface area contributed by atoms with E-state index in [1.54, 1.807) is 12.1 Å². The Labute approximate surface area is 106 Å². The van der Waals surface area contributed by atoms with Gasteiger partial charge in [-0.1, -0.05) is 0 Å². The summed E-state index contributed by atoms with van der Waals surface area (Å²) in [6, 6.07) is 8.65. The summed E-state index contributed by atoms with van der Waals surface area (Å²) in [6.45, 7) is 6.00. The van der Waals surface area contributed by atoms with Gasteiger partial charge in [-0.05, 0) is 45.0 Å². The predicted octanol–water partition coefficient (Wildman–Crippen LogP) is 2.82. The number of hydrogen-bond acceptors (Lipinski definition) is 3. The van der Waals surface area contributed by atoms with Gasteiger partial charge in [-0.2, -0.15) is 0 Å². The van der Waals surface area contributed by atoms with Gasteiger partial charge in [0.05, 0.1) is 6.04 Å². The fraction of sp³-hybridized carbons (Fsp3) is 0.286. The first-order valence-electron chi connectivity index (χ1n) is 5.92. The molecule has 0 aliphatic rings. The van der Waals surface area contributed by atoms with Crippen LogP contribution in [0.25, 0.3) is 0 Å². The maximum atomic E-state index is 9.82. The summed E-state index contributed by atoms with van der Waals surface area (Å²) in [7, 11) is 0. The van der Waals surface area contributed by atoms with Crippen LogP contribution in [-0.2, 0) is 0 Å². The molecule has 1 unspecified atom stereocenters. The Morgan fingerprint density at radius 1 is 1.06 bits per heavy atom. The second-order valence-electron chi connectivity index (χ2n) is 4.55. The third-order valence-corrected chi connectivity index (χ3v) is 3.07. The lowest BCUT2D eigenvalue weighted by Gasteiger charge is -2.20. The van der Waals surface area contributed by atoms with Crippen molar-refractivity contribution in [2.75, 3.05) is 5.43 Å². The van der Waals surface area contributed by atoms with E-state index in [2.05, 4.69) is 5.43 Å². The Bertz CT molecular complexity index is 541. The normalized spacial score (nSPS) is 12.4. The molecule has 18 heavy (non-hydrogen) atoms. The topological polar surface area (TPSA) is 57.4 Å². The van der Waals surface area contributed by atoms with Gasteiger partial charge in [0.15, 0.2) is 0 Å². The van der Waals surface area contributed by atoms with Crippen LogP contribution < -0.4 is 5.43 Å². The van der Waals surface area contributed by atoms with E-state index in [4.69, 9.17) is 0 Å². The van der Waals surface area contributed by atoms with E-state index in [9.17, 15) is 10.2 Å². The van der Waals surface area contributed by atoms with Crippen molar-refractivity contribution in [3.63, 3.8) is 0 Å². The standard InChI is InChI=1S/C14H18N2O2/c1-9-4-5-10(2)16(9)15-11(3)13-7-6-12(17)8-14(13)18/h4-8,11,15,17-18H,1-3H3. The molecule has 4 heteroatoms. The van der Waals surface area contributed by atoms with Gasteiger partial charge in [0.1, 0.15) is 11.5 Å². The Hall–Kier alpha value is -2.10. The van der Waals surface area contributed by atoms with Crippen molar-refractivity contribution in [3.8, 4) is 11.5 Å². The molecular weight excluding hydrogens is 228 g/mol. The van der Waals surface area contributed by atoms with Gasteiger partial charge < -0.3 is 15.6 Å². The zero-order chi connectivity index (χ0) is 13.3. The van der Waals surface area contributed by atoms with E-state index >= 15 is 0 Å². The number of rotatable bonds is 3. The minimum absolute atomic E-state index is 0.0598. The summed E-state index contributed by atoms with van der Waals surface area (Å²) >= 11 is 0. The van der Waals surface area contributed by atoms with Crippen molar-refractivity contribution >= 4 is 0 Å². The zero-order valence-corrected chi connectivity index (χ0v) is 10.8. The highest BCUT2D eigenvalue weighted by Crippen LogP contribution is 2.28. The van der Waals surface area contributed by atoms with E-state index in [0.29, 0.717) is 0 Å². The zero-order valence-electron chi connectivity index (χ0n) is 10.8. The first-order chi connectivity index (χ1) is 8.49. The van der Waals surface area contributed by atoms with Crippen LogP contribution in [0.2, 0.25) is 0 Å². The number of aromatic hydroxyl groups is 2. The summed E-state index contributed by atoms with van der Waals surface area (Å²) in [6.07, 6.45) is 0. The molecule has 1 aromatic heterocycles. The highest BCUT2D eigenvalue weighted by Gasteiger charge is 2.12. The Balaban J connectivity index is 2.24. The van der Waals surface area contributed by atoms with E-state index in [1.807, 2.05) is 37.6 Å². The molecule has 1 atom stereocenters. The molecule has 96 valence electrons. The number of hydrogen-bond donors (Lipinski definition) is 3. The minimum atomic E-state index is -0.0598. The van der Waals surface area contributed by atoms with Gasteiger partial charge >= 0.3 is 0 Å². The number of phenolic OH excluding ortho intramolecular Hbond substituents is 2. The van der Waals surface area contributed by atoms with Crippen LogP contribution in [0.1, 0.15) is 29.9 Å². The fourth-order valence-electron chi connectivity index (χ4n) is 2.03. The third kappa shape index (κ3) is 2.27. The van der Waals surface area contributed by atoms with Crippen molar-refractivity contribution in [2.45, 2.75) is 26.8 Å². The van der Waals surface area contributed by atoms with E-state index < -0.39 is 0 Å². The Morgan fingerprint density at radius 3 is 2.22 bits per heavy atom. The maximum absolute atomic E-state index is 9.82. The number of benzene rings is 1. The van der Waals surface area contributed by atoms with Crippen LogP contribution in [0, 0.1) is 13.8 Å². The predicted molar refractivity (Wildman–Crippen MR) is 71.5 cm³/mol. The highest BCUT2D eigenvalue weighted by atomic mass is 16.3. The molecule has 1 aromatic carbocycles. The molecule has 0 saturated heterocycles. The molecule has 4 nitrogen and oxygen atoms in total. The molecule has 3 N–H and O–H groups in total. The molecule has 1 heterocycles. The van der Waals surface area contributed by atoms with Crippen LogP contribution in [0.3, 0.4) is 0 Å². The maximum Gasteiger partial charge on any atom is 0.124 e. The smallest absolute Gasteiger partial charge is 0.124 e. The lowest BCUT2D eigenvalue weighted by atomic mass is 10.1. The van der Waals surface area contributed by atoms with Crippen LogP contribution in [0.4, 0.5) is 0 Å². The summed E-state index contributed by atoms with van der Waals surface area (Å²) < 4.78 is 1.98. The first-order valence-corrected chi connectivity index (χ1v) is 5.92. The number of phenols is 2. The first kappa shape index (κ1) is 12.4. The van der Waals surface area contributed by atoms with E-state index in [0.717, 1.165) is 17.0 Å². The van der Waals surface area contributed by atoms with Gasteiger partial charge in [-0.25, -0.2) is 0 Å². The molecule has 0 spiro atoms. The summed E-state index contributed by atoms with van der Waals surface area (Å²) in [4.78, 5) is 0. The van der Waals surface area contributed by atoms with E-state index in [1.165, 1.54) is 6.07 Å². The molecule has 2 aromatic rings. The molecule has 0 saturated carbocycles. The molecule has 2 rings (SSSR count). The van der Waals surface area contributed by atoms with Crippen molar-refractivity contribution in [1.29, 1.82) is 0 Å². The Kier molecular flexibility index (Phi) is 3.19. The third-order valence-electron chi connectivity index (χ3n) is 3.07. The van der Waals surface area contributed by atoms with E-state index in [-0.39, 0.29) is 17.5 Å². The molecule has 0 fully saturated rings. The van der Waals surface area contributed by atoms with Crippen molar-refractivity contribution < 1.29 is 10.2 Å². The average molecular weight is 246 g/mol. The summed E-state index contributed by atoms with van der Waals surface area (Å²) in [5, 5.41) is 19.1. The SMILES string of the molecule is Cc1ccc(C)n1NC(C)c1ccc(O)cc1O. The second-order valence-corrected chi connectivity index (χ2v) is 4.55. The number of nitrogens with zero attached hydrogens (tertiary/aromatic N) is 1. The van der Waals surface area contributed by atoms with Crippen LogP contribution in [0.5, 0.6) is 11.5 Å². The second kappa shape index (κ2) is 4.64. The molecule has 0 bridgehead atoms. The fourth-order valence-corrected chi connectivity index (χ4v) is 2.03. The Morgan fingerprint density at radius 2 is 1.67 bits per heavy atom. The van der Waals surface area contributed by atoms with Crippen LogP contribution in [0.15, 0.2) is 30.3 Å². The van der Waals surface area contributed by atoms with Crippen molar-refractivity contribution in [2.24, 2.45) is 0 Å². The van der Waals surface area contributed by atoms with Gasteiger partial charge in [-0.3, -0.25) is 4.68 Å². The summed E-state index contributed by atoms with van der Waals surface area (Å²) in [5.41, 5.74) is 6.28. The molecular formula is C14H18N2O2. The van der Waals surface area contributed by atoms with Gasteiger partial charge in [0, 0.05) is 23.0 Å².